The molecule has 25 heavy (non-hydrogen) atoms. The molecule has 0 radical (unpaired) electrons. The fourth-order valence-corrected chi connectivity index (χ4v) is 3.87. The first-order valence-electron chi connectivity index (χ1n) is 9.04. The van der Waals surface area contributed by atoms with Crippen LogP contribution in [0.15, 0.2) is 54.6 Å². The molecule has 0 spiro atoms. The molecule has 132 valence electrons. The minimum absolute atomic E-state index is 0.0617. The Bertz CT molecular complexity index is 666. The molecule has 3 rings (SSSR count). The van der Waals surface area contributed by atoms with Gasteiger partial charge in [0.15, 0.2) is 0 Å². The molecule has 1 aliphatic heterocycles. The van der Waals surface area contributed by atoms with Gasteiger partial charge in [0.1, 0.15) is 0 Å². The van der Waals surface area contributed by atoms with Crippen LogP contribution in [-0.2, 0) is 10.5 Å². The number of carbonyl (C=O) groups excluding carboxylic acids is 1. The second kappa shape index (κ2) is 8.95. The first-order chi connectivity index (χ1) is 12.2. The van der Waals surface area contributed by atoms with Gasteiger partial charge in [-0.3, -0.25) is 4.79 Å². The molecule has 1 N–H and O–H groups in total. The largest absolute Gasteiger partial charge is 0.372 e. The molecule has 3 nitrogen and oxygen atoms in total. The SMILES string of the molecule is CC(SCc1ccccc1)C(=O)Nc1ccc(N2CCCCC2)cc1. The predicted octanol–water partition coefficient (Wildman–Crippen LogP) is 4.94. The molecule has 0 aromatic heterocycles. The Morgan fingerprint density at radius 2 is 1.72 bits per heavy atom. The van der Waals surface area contributed by atoms with Crippen LogP contribution in [0.1, 0.15) is 31.7 Å². The maximum absolute atomic E-state index is 12.4. The van der Waals surface area contributed by atoms with Crippen LogP contribution < -0.4 is 10.2 Å². The first kappa shape index (κ1) is 17.9. The fraction of sp³-hybridized carbons (Fsp3) is 0.381. The quantitative estimate of drug-likeness (QED) is 0.798. The average molecular weight is 355 g/mol. The zero-order valence-electron chi connectivity index (χ0n) is 14.8. The maximum atomic E-state index is 12.4. The van der Waals surface area contributed by atoms with E-state index in [1.54, 1.807) is 11.8 Å². The van der Waals surface area contributed by atoms with Crippen molar-refractivity contribution in [3.8, 4) is 0 Å². The van der Waals surface area contributed by atoms with Gasteiger partial charge in [0, 0.05) is 30.2 Å². The van der Waals surface area contributed by atoms with Gasteiger partial charge < -0.3 is 10.2 Å². The third-order valence-electron chi connectivity index (χ3n) is 4.57. The molecule has 2 aromatic carbocycles. The molecule has 1 heterocycles. The average Bonchev–Trinajstić information content (AvgIpc) is 2.68. The van der Waals surface area contributed by atoms with Crippen LogP contribution in [0.25, 0.3) is 0 Å². The Labute approximate surface area is 154 Å². The number of thioether (sulfide) groups is 1. The second-order valence-electron chi connectivity index (χ2n) is 6.52. The van der Waals surface area contributed by atoms with E-state index in [4.69, 9.17) is 0 Å². The van der Waals surface area contributed by atoms with Crippen molar-refractivity contribution in [1.82, 2.24) is 0 Å². The molecular formula is C21H26N2OS. The lowest BCUT2D eigenvalue weighted by Crippen LogP contribution is -2.29. The van der Waals surface area contributed by atoms with Gasteiger partial charge in [-0.1, -0.05) is 30.3 Å². The number of carbonyl (C=O) groups is 1. The van der Waals surface area contributed by atoms with E-state index in [9.17, 15) is 4.79 Å². The minimum atomic E-state index is -0.0815. The van der Waals surface area contributed by atoms with Gasteiger partial charge in [0.2, 0.25) is 5.91 Å². The van der Waals surface area contributed by atoms with Crippen molar-refractivity contribution in [3.63, 3.8) is 0 Å². The summed E-state index contributed by atoms with van der Waals surface area (Å²) in [5, 5.41) is 2.95. The Kier molecular flexibility index (Phi) is 6.40. The molecule has 4 heteroatoms. The number of anilines is 2. The molecule has 1 aliphatic rings. The van der Waals surface area contributed by atoms with Crippen LogP contribution in [0, 0.1) is 0 Å². The molecule has 0 saturated carbocycles. The number of piperidine rings is 1. The fourth-order valence-electron chi connectivity index (χ4n) is 3.02. The molecule has 0 bridgehead atoms. The van der Waals surface area contributed by atoms with Crippen molar-refractivity contribution in [3.05, 3.63) is 60.2 Å². The zero-order chi connectivity index (χ0) is 17.5. The van der Waals surface area contributed by atoms with Crippen LogP contribution in [0.4, 0.5) is 11.4 Å². The molecule has 1 fully saturated rings. The number of amides is 1. The van der Waals surface area contributed by atoms with Gasteiger partial charge in [0.25, 0.3) is 0 Å². The second-order valence-corrected chi connectivity index (χ2v) is 7.85. The van der Waals surface area contributed by atoms with Crippen molar-refractivity contribution >= 4 is 29.0 Å². The number of hydrogen-bond donors (Lipinski definition) is 1. The van der Waals surface area contributed by atoms with E-state index in [2.05, 4.69) is 34.5 Å². The first-order valence-corrected chi connectivity index (χ1v) is 10.1. The highest BCUT2D eigenvalue weighted by Gasteiger charge is 2.14. The monoisotopic (exact) mass is 354 g/mol. The third-order valence-corrected chi connectivity index (χ3v) is 5.78. The lowest BCUT2D eigenvalue weighted by Gasteiger charge is -2.28. The minimum Gasteiger partial charge on any atom is -0.372 e. The number of nitrogens with zero attached hydrogens (tertiary/aromatic N) is 1. The zero-order valence-corrected chi connectivity index (χ0v) is 15.6. The van der Waals surface area contributed by atoms with Crippen molar-refractivity contribution in [2.24, 2.45) is 0 Å². The number of benzene rings is 2. The van der Waals surface area contributed by atoms with Crippen LogP contribution in [0.5, 0.6) is 0 Å². The Balaban J connectivity index is 1.49. The Morgan fingerprint density at radius 1 is 1.04 bits per heavy atom. The summed E-state index contributed by atoms with van der Waals surface area (Å²) in [5.74, 6) is 0.912. The molecule has 1 saturated heterocycles. The summed E-state index contributed by atoms with van der Waals surface area (Å²) >= 11 is 1.66. The number of nitrogens with one attached hydrogen (secondary N) is 1. The highest BCUT2D eigenvalue weighted by Crippen LogP contribution is 2.23. The van der Waals surface area contributed by atoms with Gasteiger partial charge in [-0.05, 0) is 56.0 Å². The molecule has 2 aromatic rings. The van der Waals surface area contributed by atoms with Gasteiger partial charge in [-0.2, -0.15) is 0 Å². The molecule has 1 unspecified atom stereocenters. The van der Waals surface area contributed by atoms with Gasteiger partial charge in [0.05, 0.1) is 5.25 Å². The summed E-state index contributed by atoms with van der Waals surface area (Å²) in [4.78, 5) is 14.8. The molecule has 0 aliphatic carbocycles. The lowest BCUT2D eigenvalue weighted by molar-refractivity contribution is -0.115. The number of hydrogen-bond acceptors (Lipinski definition) is 3. The highest BCUT2D eigenvalue weighted by molar-refractivity contribution is 7.99. The van der Waals surface area contributed by atoms with Crippen molar-refractivity contribution in [2.45, 2.75) is 37.2 Å². The van der Waals surface area contributed by atoms with Crippen molar-refractivity contribution in [2.75, 3.05) is 23.3 Å². The van der Waals surface area contributed by atoms with Crippen LogP contribution in [0.3, 0.4) is 0 Å². The van der Waals surface area contributed by atoms with Crippen molar-refractivity contribution in [1.29, 1.82) is 0 Å². The summed E-state index contributed by atoms with van der Waals surface area (Å²) < 4.78 is 0. The van der Waals surface area contributed by atoms with Crippen LogP contribution in [-0.4, -0.2) is 24.2 Å². The summed E-state index contributed by atoms with van der Waals surface area (Å²) in [6.45, 7) is 4.24. The smallest absolute Gasteiger partial charge is 0.237 e. The van der Waals surface area contributed by atoms with E-state index >= 15 is 0 Å². The molecule has 1 atom stereocenters. The topological polar surface area (TPSA) is 32.3 Å². The predicted molar refractivity (Wildman–Crippen MR) is 108 cm³/mol. The standard InChI is InChI=1S/C21H26N2OS/c1-17(25-16-18-8-4-2-5-9-18)21(24)22-19-10-12-20(13-11-19)23-14-6-3-7-15-23/h2,4-5,8-13,17H,3,6-7,14-16H2,1H3,(H,22,24). The number of rotatable bonds is 6. The summed E-state index contributed by atoms with van der Waals surface area (Å²) in [7, 11) is 0. The maximum Gasteiger partial charge on any atom is 0.237 e. The normalized spacial score (nSPS) is 15.6. The molecular weight excluding hydrogens is 328 g/mol. The van der Waals surface area contributed by atoms with E-state index < -0.39 is 0 Å². The third kappa shape index (κ3) is 5.27. The molecule has 1 amide bonds. The van der Waals surface area contributed by atoms with Crippen molar-refractivity contribution < 1.29 is 4.79 Å². The van der Waals surface area contributed by atoms with Crippen LogP contribution >= 0.6 is 11.8 Å². The van der Waals surface area contributed by atoms with Gasteiger partial charge in [-0.15, -0.1) is 11.8 Å². The summed E-state index contributed by atoms with van der Waals surface area (Å²) in [6.07, 6.45) is 3.88. The van der Waals surface area contributed by atoms with Gasteiger partial charge in [-0.25, -0.2) is 0 Å². The van der Waals surface area contributed by atoms with E-state index in [-0.39, 0.29) is 11.2 Å². The highest BCUT2D eigenvalue weighted by atomic mass is 32.2. The summed E-state index contributed by atoms with van der Waals surface area (Å²) in [5.41, 5.74) is 3.38. The summed E-state index contributed by atoms with van der Waals surface area (Å²) in [6, 6.07) is 18.5. The van der Waals surface area contributed by atoms with E-state index in [0.29, 0.717) is 0 Å². The van der Waals surface area contributed by atoms with E-state index in [0.717, 1.165) is 24.5 Å². The Hall–Kier alpha value is -1.94. The van der Waals surface area contributed by atoms with Gasteiger partial charge >= 0.3 is 0 Å². The van der Waals surface area contributed by atoms with E-state index in [1.807, 2.05) is 37.3 Å². The lowest BCUT2D eigenvalue weighted by atomic mass is 10.1. The Morgan fingerprint density at radius 3 is 2.40 bits per heavy atom. The van der Waals surface area contributed by atoms with E-state index in [1.165, 1.54) is 30.5 Å². The van der Waals surface area contributed by atoms with Crippen LogP contribution in [0.2, 0.25) is 0 Å².